The number of methoxy groups -OCH3 is 1. The second-order valence-corrected chi connectivity index (χ2v) is 13.8. The van der Waals surface area contributed by atoms with Crippen molar-refractivity contribution in [2.24, 2.45) is 11.3 Å². The molecule has 0 spiro atoms. The Labute approximate surface area is 249 Å². The van der Waals surface area contributed by atoms with Crippen LogP contribution in [-0.4, -0.2) is 35.8 Å². The van der Waals surface area contributed by atoms with E-state index in [0.717, 1.165) is 80.1 Å². The van der Waals surface area contributed by atoms with Crippen molar-refractivity contribution in [3.05, 3.63) is 65.7 Å². The number of hydrogen-bond donors (Lipinski definition) is 1. The highest BCUT2D eigenvalue weighted by molar-refractivity contribution is 5.95. The highest BCUT2D eigenvalue weighted by Gasteiger charge is 2.50. The molecule has 6 heteroatoms. The Balaban J connectivity index is 1.15. The van der Waals surface area contributed by atoms with E-state index >= 15 is 0 Å². The third-order valence-electron chi connectivity index (χ3n) is 11.1. The Morgan fingerprint density at radius 1 is 1.00 bits per heavy atom. The van der Waals surface area contributed by atoms with Gasteiger partial charge < -0.3 is 19.2 Å². The summed E-state index contributed by atoms with van der Waals surface area (Å²) in [5.74, 6) is 2.45. The molecule has 42 heavy (non-hydrogen) atoms. The lowest BCUT2D eigenvalue weighted by atomic mass is 9.51. The Morgan fingerprint density at radius 2 is 1.74 bits per heavy atom. The highest BCUT2D eigenvalue weighted by atomic mass is 16.5. The molecule has 0 radical (unpaired) electrons. The number of oxazole rings is 1. The molecule has 8 rings (SSSR count). The number of aryl methyl sites for hydroxylation is 1. The molecule has 222 valence electrons. The number of anilines is 1. The van der Waals surface area contributed by atoms with E-state index in [1.54, 1.807) is 13.4 Å². The molecule has 0 atom stereocenters. The summed E-state index contributed by atoms with van der Waals surface area (Å²) in [5.41, 5.74) is 5.84. The quantitative estimate of drug-likeness (QED) is 0.301. The highest BCUT2D eigenvalue weighted by Crippen LogP contribution is 2.58. The van der Waals surface area contributed by atoms with Crippen LogP contribution in [0.5, 0.6) is 5.75 Å². The smallest absolute Gasteiger partial charge is 0.230 e. The molecule has 5 fully saturated rings. The fraction of sp³-hybridized carbons (Fsp3) is 0.556. The Hall–Kier alpha value is -3.12. The van der Waals surface area contributed by atoms with Crippen molar-refractivity contribution in [1.29, 1.82) is 0 Å². The zero-order chi connectivity index (χ0) is 28.9. The Morgan fingerprint density at radius 3 is 2.40 bits per heavy atom. The first-order valence-corrected chi connectivity index (χ1v) is 16.1. The van der Waals surface area contributed by atoms with Gasteiger partial charge in [-0.2, -0.15) is 0 Å². The van der Waals surface area contributed by atoms with Gasteiger partial charge in [0.1, 0.15) is 17.7 Å². The van der Waals surface area contributed by atoms with Crippen LogP contribution in [0, 0.1) is 18.3 Å². The summed E-state index contributed by atoms with van der Waals surface area (Å²) in [5, 5.41) is 10.1. The number of rotatable bonds is 8. The van der Waals surface area contributed by atoms with Gasteiger partial charge in [0.25, 0.3) is 0 Å². The Bertz CT molecular complexity index is 1420. The summed E-state index contributed by atoms with van der Waals surface area (Å²) < 4.78 is 11.3. The van der Waals surface area contributed by atoms with E-state index in [0.29, 0.717) is 18.8 Å². The van der Waals surface area contributed by atoms with E-state index in [1.807, 2.05) is 0 Å². The average Bonchev–Trinajstić information content (AvgIpc) is 3.76. The molecule has 2 bridgehead atoms. The summed E-state index contributed by atoms with van der Waals surface area (Å²) in [6.07, 6.45) is 13.7. The second-order valence-electron chi connectivity index (χ2n) is 13.8. The lowest BCUT2D eigenvalue weighted by molar-refractivity contribution is -0.124. The summed E-state index contributed by atoms with van der Waals surface area (Å²) in [7, 11) is 1.74. The fourth-order valence-electron chi connectivity index (χ4n) is 8.09. The van der Waals surface area contributed by atoms with Crippen molar-refractivity contribution in [3.63, 3.8) is 0 Å². The number of aromatic nitrogens is 1. The number of amides is 1. The van der Waals surface area contributed by atoms with Crippen LogP contribution in [-0.2, 0) is 10.2 Å². The lowest BCUT2D eigenvalue weighted by Gasteiger charge is -2.55. The van der Waals surface area contributed by atoms with Crippen molar-refractivity contribution in [2.45, 2.75) is 101 Å². The molecule has 0 saturated heterocycles. The maximum atomic E-state index is 14.3. The van der Waals surface area contributed by atoms with Gasteiger partial charge in [-0.3, -0.25) is 4.79 Å². The van der Waals surface area contributed by atoms with Crippen LogP contribution in [0.4, 0.5) is 5.69 Å². The number of hydrogen-bond acceptors (Lipinski definition) is 5. The number of carbonyl (C=O) groups is 1. The van der Waals surface area contributed by atoms with Crippen molar-refractivity contribution < 1.29 is 19.1 Å². The van der Waals surface area contributed by atoms with Gasteiger partial charge in [0, 0.05) is 29.6 Å². The SMILES string of the molecule is COc1ccc(C23CCC(CN(c4cccc(-c5coc(C6CC6)n5)c4)C(=O)[C@H]4CC[C@H](O)CC4)(CC2)CC3)cc1C. The molecule has 1 N–H and O–H groups in total. The van der Waals surface area contributed by atoms with Gasteiger partial charge >= 0.3 is 0 Å². The number of benzene rings is 2. The summed E-state index contributed by atoms with van der Waals surface area (Å²) in [6, 6.07) is 15.1. The number of fused-ring (bicyclic) bond motifs is 3. The predicted molar refractivity (Wildman–Crippen MR) is 164 cm³/mol. The maximum Gasteiger partial charge on any atom is 0.230 e. The molecule has 0 unspecified atom stereocenters. The maximum absolute atomic E-state index is 14.3. The van der Waals surface area contributed by atoms with Crippen LogP contribution in [0.3, 0.4) is 0 Å². The number of carbonyl (C=O) groups excluding carboxylic acids is 1. The monoisotopic (exact) mass is 568 g/mol. The van der Waals surface area contributed by atoms with Crippen molar-refractivity contribution in [2.75, 3.05) is 18.6 Å². The molecular weight excluding hydrogens is 524 g/mol. The fourth-order valence-corrected chi connectivity index (χ4v) is 8.09. The van der Waals surface area contributed by atoms with Gasteiger partial charge in [-0.25, -0.2) is 4.98 Å². The third kappa shape index (κ3) is 5.16. The molecule has 0 aliphatic heterocycles. The molecule has 5 aliphatic carbocycles. The van der Waals surface area contributed by atoms with Gasteiger partial charge in [0.05, 0.1) is 13.2 Å². The first-order valence-electron chi connectivity index (χ1n) is 16.1. The molecule has 5 saturated carbocycles. The first-order chi connectivity index (χ1) is 20.4. The number of nitrogens with zero attached hydrogens (tertiary/aromatic N) is 2. The lowest BCUT2D eigenvalue weighted by Crippen LogP contribution is -2.51. The van der Waals surface area contributed by atoms with Crippen LogP contribution in [0.25, 0.3) is 11.3 Å². The van der Waals surface area contributed by atoms with Crippen LogP contribution >= 0.6 is 0 Å². The van der Waals surface area contributed by atoms with Crippen molar-refractivity contribution in [1.82, 2.24) is 4.98 Å². The van der Waals surface area contributed by atoms with Crippen LogP contribution in [0.1, 0.15) is 100.0 Å². The minimum Gasteiger partial charge on any atom is -0.496 e. The van der Waals surface area contributed by atoms with Gasteiger partial charge in [0.15, 0.2) is 5.89 Å². The number of ether oxygens (including phenoxy) is 1. The predicted octanol–water partition coefficient (Wildman–Crippen LogP) is 7.71. The third-order valence-corrected chi connectivity index (χ3v) is 11.1. The van der Waals surface area contributed by atoms with Crippen molar-refractivity contribution in [3.8, 4) is 17.0 Å². The molecule has 6 nitrogen and oxygen atoms in total. The van der Waals surface area contributed by atoms with E-state index in [2.05, 4.69) is 54.3 Å². The van der Waals surface area contributed by atoms with Crippen LogP contribution < -0.4 is 9.64 Å². The summed E-state index contributed by atoms with van der Waals surface area (Å²) in [6.45, 7) is 2.90. The topological polar surface area (TPSA) is 75.8 Å². The molecule has 5 aliphatic rings. The Kier molecular flexibility index (Phi) is 7.16. The molecule has 1 amide bonds. The van der Waals surface area contributed by atoms with Crippen LogP contribution in [0.15, 0.2) is 53.1 Å². The molecule has 1 heterocycles. The summed E-state index contributed by atoms with van der Waals surface area (Å²) >= 11 is 0. The van der Waals surface area contributed by atoms with Gasteiger partial charge in [-0.1, -0.05) is 24.3 Å². The molecule has 2 aromatic carbocycles. The van der Waals surface area contributed by atoms with E-state index in [-0.39, 0.29) is 28.8 Å². The standard InChI is InChI=1S/C36H44N2O4/c1-24-20-28(10-13-32(24)41-2)36-17-14-35(15-18-36,16-19-36)23-38(34(40)26-8-11-30(39)12-9-26)29-5-3-4-27(21-29)31-22-42-33(37-31)25-6-7-25/h3-5,10,13,20-22,25-26,30,39H,6-9,11-12,14-19,23H2,1-2H3/t26-,30-,35?,36?. The van der Waals surface area contributed by atoms with Crippen molar-refractivity contribution >= 4 is 11.6 Å². The van der Waals surface area contributed by atoms with E-state index in [4.69, 9.17) is 14.1 Å². The summed E-state index contributed by atoms with van der Waals surface area (Å²) in [4.78, 5) is 21.2. The average molecular weight is 569 g/mol. The second kappa shape index (κ2) is 10.9. The van der Waals surface area contributed by atoms with Crippen LogP contribution in [0.2, 0.25) is 0 Å². The van der Waals surface area contributed by atoms with E-state index in [1.165, 1.54) is 30.4 Å². The molecule has 3 aromatic rings. The molecule has 1 aromatic heterocycles. The van der Waals surface area contributed by atoms with E-state index < -0.39 is 0 Å². The zero-order valence-electron chi connectivity index (χ0n) is 25.1. The van der Waals surface area contributed by atoms with Gasteiger partial charge in [-0.05, 0) is 124 Å². The van der Waals surface area contributed by atoms with Gasteiger partial charge in [-0.15, -0.1) is 0 Å². The van der Waals surface area contributed by atoms with Gasteiger partial charge in [0.2, 0.25) is 5.91 Å². The normalized spacial score (nSPS) is 28.9. The number of aliphatic hydroxyl groups is 1. The van der Waals surface area contributed by atoms with E-state index in [9.17, 15) is 9.90 Å². The largest absolute Gasteiger partial charge is 0.496 e. The minimum atomic E-state index is -0.274. The number of aliphatic hydroxyl groups excluding tert-OH is 1. The minimum absolute atomic E-state index is 0.0319. The zero-order valence-corrected chi connectivity index (χ0v) is 25.1. The molecular formula is C36H44N2O4. The first kappa shape index (κ1) is 27.7.